The van der Waals surface area contributed by atoms with E-state index >= 15 is 0 Å². The van der Waals surface area contributed by atoms with Gasteiger partial charge in [-0.2, -0.15) is 5.10 Å². The van der Waals surface area contributed by atoms with E-state index < -0.39 is 0 Å². The molecule has 0 fully saturated rings. The van der Waals surface area contributed by atoms with E-state index in [4.69, 9.17) is 0 Å². The lowest BCUT2D eigenvalue weighted by Gasteiger charge is -2.07. The highest BCUT2D eigenvalue weighted by molar-refractivity contribution is 5.91. The van der Waals surface area contributed by atoms with Crippen molar-refractivity contribution in [2.45, 2.75) is 13.8 Å². The molecule has 3 rings (SSSR count). The standard InChI is InChI=1S/C15H19N9O/c1-10-8-11(2)24(21-10)14-5-4-13(19-20-14)16-6-7-17-15(25)12-9-23(3)22-18-12/h4-5,8-9H,6-7H2,1-3H3,(H,16,19)(H,17,25). The third-order valence-corrected chi connectivity index (χ3v) is 3.43. The van der Waals surface area contributed by atoms with Gasteiger partial charge in [-0.3, -0.25) is 9.48 Å². The molecule has 2 N–H and O–H groups in total. The first-order chi connectivity index (χ1) is 12.0. The zero-order valence-electron chi connectivity index (χ0n) is 14.3. The summed E-state index contributed by atoms with van der Waals surface area (Å²) in [5.41, 5.74) is 2.22. The highest BCUT2D eigenvalue weighted by Crippen LogP contribution is 2.10. The third-order valence-electron chi connectivity index (χ3n) is 3.43. The first-order valence-corrected chi connectivity index (χ1v) is 7.78. The summed E-state index contributed by atoms with van der Waals surface area (Å²) in [4.78, 5) is 11.8. The van der Waals surface area contributed by atoms with Crippen LogP contribution in [0.5, 0.6) is 0 Å². The smallest absolute Gasteiger partial charge is 0.273 e. The molecular weight excluding hydrogens is 322 g/mol. The van der Waals surface area contributed by atoms with Crippen LogP contribution in [-0.4, -0.2) is 54.0 Å². The van der Waals surface area contributed by atoms with Gasteiger partial charge in [-0.05, 0) is 32.0 Å². The largest absolute Gasteiger partial charge is 0.367 e. The van der Waals surface area contributed by atoms with E-state index in [1.54, 1.807) is 17.9 Å². The Morgan fingerprint density at radius 3 is 2.60 bits per heavy atom. The van der Waals surface area contributed by atoms with Gasteiger partial charge in [-0.15, -0.1) is 15.3 Å². The van der Waals surface area contributed by atoms with Crippen LogP contribution in [0.15, 0.2) is 24.4 Å². The van der Waals surface area contributed by atoms with Crippen LogP contribution < -0.4 is 10.6 Å². The molecule has 0 saturated heterocycles. The molecule has 1 amide bonds. The minimum atomic E-state index is -0.263. The lowest BCUT2D eigenvalue weighted by molar-refractivity contribution is 0.0950. The zero-order chi connectivity index (χ0) is 17.8. The SMILES string of the molecule is Cc1cc(C)n(-c2ccc(NCCNC(=O)c3cn(C)nn3)nn2)n1. The Labute approximate surface area is 144 Å². The first kappa shape index (κ1) is 16.6. The fraction of sp³-hybridized carbons (Fsp3) is 0.333. The van der Waals surface area contributed by atoms with Gasteiger partial charge in [0.1, 0.15) is 5.82 Å². The summed E-state index contributed by atoms with van der Waals surface area (Å²) in [6.07, 6.45) is 1.56. The topological polar surface area (TPSA) is 115 Å². The summed E-state index contributed by atoms with van der Waals surface area (Å²) in [6, 6.07) is 5.64. The van der Waals surface area contributed by atoms with E-state index in [9.17, 15) is 4.79 Å². The fourth-order valence-corrected chi connectivity index (χ4v) is 2.30. The molecule has 0 aliphatic carbocycles. The van der Waals surface area contributed by atoms with Crippen molar-refractivity contribution in [2.24, 2.45) is 7.05 Å². The summed E-state index contributed by atoms with van der Waals surface area (Å²) in [6.45, 7) is 4.84. The lowest BCUT2D eigenvalue weighted by atomic mass is 10.4. The Hall–Kier alpha value is -3.30. The molecule has 130 valence electrons. The van der Waals surface area contributed by atoms with E-state index in [-0.39, 0.29) is 11.6 Å². The quantitative estimate of drug-likeness (QED) is 0.617. The van der Waals surface area contributed by atoms with Gasteiger partial charge in [-0.25, -0.2) is 4.68 Å². The van der Waals surface area contributed by atoms with Crippen molar-refractivity contribution in [3.05, 3.63) is 41.5 Å². The van der Waals surface area contributed by atoms with Crippen LogP contribution in [0.1, 0.15) is 21.9 Å². The maximum absolute atomic E-state index is 11.8. The molecule has 3 aromatic rings. The number of hydrogen-bond donors (Lipinski definition) is 2. The van der Waals surface area contributed by atoms with Crippen molar-refractivity contribution in [3.8, 4) is 5.82 Å². The summed E-state index contributed by atoms with van der Waals surface area (Å²) >= 11 is 0. The predicted molar refractivity (Wildman–Crippen MR) is 90.5 cm³/mol. The zero-order valence-corrected chi connectivity index (χ0v) is 14.3. The van der Waals surface area contributed by atoms with Gasteiger partial charge >= 0.3 is 0 Å². The summed E-state index contributed by atoms with van der Waals surface area (Å²) in [5.74, 6) is 1.02. The van der Waals surface area contributed by atoms with Crippen LogP contribution in [0.4, 0.5) is 5.82 Å². The number of hydrogen-bond acceptors (Lipinski definition) is 7. The Kier molecular flexibility index (Phi) is 4.68. The maximum Gasteiger partial charge on any atom is 0.273 e. The van der Waals surface area contributed by atoms with Gasteiger partial charge in [0.2, 0.25) is 0 Å². The molecule has 0 saturated carbocycles. The van der Waals surface area contributed by atoms with Crippen molar-refractivity contribution in [3.63, 3.8) is 0 Å². The highest BCUT2D eigenvalue weighted by atomic mass is 16.2. The Morgan fingerprint density at radius 2 is 2.00 bits per heavy atom. The van der Waals surface area contributed by atoms with Crippen LogP contribution in [0.2, 0.25) is 0 Å². The van der Waals surface area contributed by atoms with Gasteiger partial charge in [0.25, 0.3) is 5.91 Å². The molecule has 25 heavy (non-hydrogen) atoms. The molecule has 3 aromatic heterocycles. The van der Waals surface area contributed by atoms with Crippen molar-refractivity contribution >= 4 is 11.7 Å². The van der Waals surface area contributed by atoms with Crippen LogP contribution in [0, 0.1) is 13.8 Å². The molecule has 0 radical (unpaired) electrons. The van der Waals surface area contributed by atoms with Gasteiger partial charge in [0.15, 0.2) is 11.5 Å². The fourth-order valence-electron chi connectivity index (χ4n) is 2.30. The lowest BCUT2D eigenvalue weighted by Crippen LogP contribution is -2.29. The number of carbonyl (C=O) groups is 1. The van der Waals surface area contributed by atoms with Crippen molar-refractivity contribution in [1.82, 2.24) is 40.3 Å². The van der Waals surface area contributed by atoms with E-state index in [1.165, 1.54) is 4.68 Å². The molecule has 0 unspecified atom stereocenters. The summed E-state index contributed by atoms with van der Waals surface area (Å²) < 4.78 is 3.22. The second-order valence-corrected chi connectivity index (χ2v) is 5.58. The molecule has 10 nitrogen and oxygen atoms in total. The molecule has 0 atom stereocenters. The molecule has 0 aliphatic rings. The number of amides is 1. The number of aryl methyl sites for hydroxylation is 3. The van der Waals surface area contributed by atoms with E-state index in [0.29, 0.717) is 24.7 Å². The minimum Gasteiger partial charge on any atom is -0.367 e. The number of carbonyl (C=O) groups excluding carboxylic acids is 1. The van der Waals surface area contributed by atoms with Gasteiger partial charge in [-0.1, -0.05) is 5.21 Å². The van der Waals surface area contributed by atoms with Crippen LogP contribution >= 0.6 is 0 Å². The van der Waals surface area contributed by atoms with Crippen LogP contribution in [-0.2, 0) is 7.05 Å². The minimum absolute atomic E-state index is 0.263. The van der Waals surface area contributed by atoms with E-state index in [1.807, 2.05) is 32.0 Å². The molecule has 0 bridgehead atoms. The Balaban J connectivity index is 1.49. The molecule has 0 spiro atoms. The number of nitrogens with one attached hydrogen (secondary N) is 2. The maximum atomic E-state index is 11.8. The molecule has 3 heterocycles. The summed E-state index contributed by atoms with van der Waals surface area (Å²) in [5, 5.41) is 26.0. The van der Waals surface area contributed by atoms with E-state index in [2.05, 4.69) is 36.2 Å². The van der Waals surface area contributed by atoms with Crippen LogP contribution in [0.25, 0.3) is 5.82 Å². The second kappa shape index (κ2) is 7.07. The van der Waals surface area contributed by atoms with E-state index in [0.717, 1.165) is 11.4 Å². The van der Waals surface area contributed by atoms with Gasteiger partial charge < -0.3 is 10.6 Å². The first-order valence-electron chi connectivity index (χ1n) is 7.78. The molecule has 0 aromatic carbocycles. The average molecular weight is 341 g/mol. The van der Waals surface area contributed by atoms with Crippen molar-refractivity contribution in [1.29, 1.82) is 0 Å². The third kappa shape index (κ3) is 3.97. The number of rotatable bonds is 6. The Morgan fingerprint density at radius 1 is 1.16 bits per heavy atom. The van der Waals surface area contributed by atoms with Gasteiger partial charge in [0.05, 0.1) is 11.9 Å². The van der Waals surface area contributed by atoms with Gasteiger partial charge in [0, 0.05) is 25.8 Å². The normalized spacial score (nSPS) is 10.7. The number of aromatic nitrogens is 7. The summed E-state index contributed by atoms with van der Waals surface area (Å²) in [7, 11) is 1.71. The number of nitrogens with zero attached hydrogens (tertiary/aromatic N) is 7. The highest BCUT2D eigenvalue weighted by Gasteiger charge is 2.09. The molecule has 0 aliphatic heterocycles. The average Bonchev–Trinajstić information content (AvgIpc) is 3.17. The predicted octanol–water partition coefficient (Wildman–Crippen LogP) is 0.250. The monoisotopic (exact) mass is 341 g/mol. The molecular formula is C15H19N9O. The van der Waals surface area contributed by atoms with Crippen molar-refractivity contribution < 1.29 is 4.79 Å². The van der Waals surface area contributed by atoms with Crippen molar-refractivity contribution in [2.75, 3.05) is 18.4 Å². The number of anilines is 1. The second-order valence-electron chi connectivity index (χ2n) is 5.58. The Bertz CT molecular complexity index is 866. The van der Waals surface area contributed by atoms with Crippen LogP contribution in [0.3, 0.4) is 0 Å². The molecule has 10 heteroatoms.